The van der Waals surface area contributed by atoms with E-state index in [1.54, 1.807) is 9.80 Å². The number of likely N-dealkylation sites (tertiary alicyclic amines) is 1. The summed E-state index contributed by atoms with van der Waals surface area (Å²) in [4.78, 5) is 43.8. The third-order valence-electron chi connectivity index (χ3n) is 10.9. The van der Waals surface area contributed by atoms with Gasteiger partial charge in [-0.3, -0.25) is 4.90 Å². The largest absolute Gasteiger partial charge is 0.462 e. The molecule has 0 aliphatic carbocycles. The van der Waals surface area contributed by atoms with Crippen LogP contribution >= 0.6 is 0 Å². The number of fused-ring (bicyclic) bond motifs is 1. The highest BCUT2D eigenvalue weighted by Gasteiger charge is 2.36. The van der Waals surface area contributed by atoms with Crippen LogP contribution < -0.4 is 9.64 Å². The fourth-order valence-corrected chi connectivity index (χ4v) is 7.76. The van der Waals surface area contributed by atoms with Crippen LogP contribution in [0.25, 0.3) is 0 Å². The molecule has 1 aromatic heterocycles. The van der Waals surface area contributed by atoms with Crippen LogP contribution in [0.3, 0.4) is 0 Å². The number of hydrogen-bond acceptors (Lipinski definition) is 15. The molecular weight excluding hydrogens is 775 g/mol. The van der Waals surface area contributed by atoms with Gasteiger partial charge in [0.2, 0.25) is 0 Å². The van der Waals surface area contributed by atoms with E-state index in [1.807, 2.05) is 58.2 Å². The van der Waals surface area contributed by atoms with Crippen molar-refractivity contribution in [3.63, 3.8) is 0 Å². The molecule has 3 fully saturated rings. The van der Waals surface area contributed by atoms with Crippen molar-refractivity contribution in [1.82, 2.24) is 24.7 Å². The van der Waals surface area contributed by atoms with E-state index < -0.39 is 23.8 Å². The maximum atomic E-state index is 13.3. The molecule has 0 bridgehead atoms. The van der Waals surface area contributed by atoms with Crippen molar-refractivity contribution in [3.05, 3.63) is 47.2 Å². The predicted molar refractivity (Wildman–Crippen MR) is 219 cm³/mol. The average molecular weight is 838 g/mol. The summed E-state index contributed by atoms with van der Waals surface area (Å²) in [7, 11) is 2.05. The third kappa shape index (κ3) is 13.6. The molecule has 4 aliphatic rings. The summed E-state index contributed by atoms with van der Waals surface area (Å²) in [5, 5.41) is 9.77. The first-order valence-corrected chi connectivity index (χ1v) is 21.4. The number of hydrogen-bond donors (Lipinski definition) is 0. The number of benzene rings is 1. The van der Waals surface area contributed by atoms with Crippen molar-refractivity contribution >= 4 is 18.0 Å². The highest BCUT2D eigenvalue weighted by Crippen LogP contribution is 2.32. The van der Waals surface area contributed by atoms with Gasteiger partial charge in [-0.25, -0.2) is 9.59 Å². The van der Waals surface area contributed by atoms with Crippen LogP contribution in [0.2, 0.25) is 0 Å². The van der Waals surface area contributed by atoms with Crippen molar-refractivity contribution in [1.29, 1.82) is 5.26 Å². The minimum atomic E-state index is -0.642. The van der Waals surface area contributed by atoms with Crippen molar-refractivity contribution in [2.75, 3.05) is 97.5 Å². The molecule has 17 heteroatoms. The molecule has 3 unspecified atom stereocenters. The Morgan fingerprint density at radius 1 is 0.917 bits per heavy atom. The van der Waals surface area contributed by atoms with Crippen LogP contribution in [0.4, 0.5) is 15.4 Å². The number of carbonyl (C=O) groups excluding carboxylic acids is 2. The Labute approximate surface area is 354 Å². The van der Waals surface area contributed by atoms with E-state index in [0.717, 1.165) is 50.0 Å². The van der Waals surface area contributed by atoms with Crippen LogP contribution in [0, 0.1) is 11.3 Å². The second kappa shape index (κ2) is 22.5. The van der Waals surface area contributed by atoms with Gasteiger partial charge in [0.25, 0.3) is 0 Å². The summed E-state index contributed by atoms with van der Waals surface area (Å²) in [6.07, 6.45) is 3.66. The number of aromatic nitrogens is 2. The van der Waals surface area contributed by atoms with Crippen molar-refractivity contribution in [2.24, 2.45) is 0 Å². The van der Waals surface area contributed by atoms with Crippen molar-refractivity contribution in [3.8, 4) is 12.1 Å². The van der Waals surface area contributed by atoms with Crippen LogP contribution in [0.1, 0.15) is 69.7 Å². The Morgan fingerprint density at radius 3 is 2.42 bits per heavy atom. The zero-order valence-corrected chi connectivity index (χ0v) is 35.8. The first-order chi connectivity index (χ1) is 29.1. The summed E-state index contributed by atoms with van der Waals surface area (Å²) in [5.74, 6) is 0.688. The molecule has 6 rings (SSSR count). The quantitative estimate of drug-likeness (QED) is 0.192. The zero-order chi connectivity index (χ0) is 42.3. The SMILES string of the molecule is CN1CC(OCCOCCOCCOC2CCCCO2)CC1COc1nc2c(c(N3CCN(C(=O)OCc4ccccc4)[C@@H](CC#N)C3)n1)CCN(C(=O)OC(C)(C)C)C2. The molecule has 1 aromatic carbocycles. The lowest BCUT2D eigenvalue weighted by molar-refractivity contribution is -0.169. The smallest absolute Gasteiger partial charge is 0.410 e. The highest BCUT2D eigenvalue weighted by atomic mass is 16.7. The lowest BCUT2D eigenvalue weighted by atomic mass is 10.0. The van der Waals surface area contributed by atoms with Crippen LogP contribution in [0.5, 0.6) is 6.01 Å². The molecule has 0 spiro atoms. The van der Waals surface area contributed by atoms with E-state index in [9.17, 15) is 14.9 Å². The monoisotopic (exact) mass is 837 g/mol. The molecule has 2 aromatic rings. The predicted octanol–water partition coefficient (Wildman–Crippen LogP) is 4.56. The van der Waals surface area contributed by atoms with Gasteiger partial charge in [-0.15, -0.1) is 0 Å². The van der Waals surface area contributed by atoms with Gasteiger partial charge in [-0.1, -0.05) is 30.3 Å². The molecule has 5 heterocycles. The van der Waals surface area contributed by atoms with Crippen molar-refractivity contribution < 1.29 is 47.5 Å². The van der Waals surface area contributed by atoms with Gasteiger partial charge in [-0.2, -0.15) is 15.2 Å². The first kappa shape index (κ1) is 45.2. The molecule has 330 valence electrons. The molecular formula is C43H63N7O10. The fraction of sp³-hybridized carbons (Fsp3) is 0.698. The lowest BCUT2D eigenvalue weighted by Gasteiger charge is -2.41. The summed E-state index contributed by atoms with van der Waals surface area (Å²) in [6, 6.07) is 11.6. The number of carbonyl (C=O) groups is 2. The molecule has 0 radical (unpaired) electrons. The number of anilines is 1. The summed E-state index contributed by atoms with van der Waals surface area (Å²) in [6.45, 7) is 12.3. The van der Waals surface area contributed by atoms with Gasteiger partial charge in [0.1, 0.15) is 24.6 Å². The molecule has 4 atom stereocenters. The lowest BCUT2D eigenvalue weighted by Crippen LogP contribution is -2.56. The summed E-state index contributed by atoms with van der Waals surface area (Å²) >= 11 is 0. The van der Waals surface area contributed by atoms with E-state index in [-0.39, 0.29) is 44.0 Å². The zero-order valence-electron chi connectivity index (χ0n) is 35.8. The Balaban J connectivity index is 1.02. The van der Waals surface area contributed by atoms with E-state index in [2.05, 4.69) is 15.9 Å². The first-order valence-electron chi connectivity index (χ1n) is 21.4. The highest BCUT2D eigenvalue weighted by molar-refractivity contribution is 5.70. The standard InChI is InChI=1S/C43H63N7O10/c1-43(2,3)60-41(51)49-16-14-36-37(29-49)45-40(46-39(36)48-17-18-50(33(27-48)13-15-44)42(52)59-30-32-10-6-5-7-11-32)58-31-34-26-35(28-47(34)4)55-24-22-53-20-21-54-23-25-57-38-12-8-9-19-56-38/h5-7,10-11,33-35,38H,8-9,12-14,16-31H2,1-4H3/t33-,34?,35?,38?/m0/s1. The Morgan fingerprint density at radius 2 is 1.68 bits per heavy atom. The summed E-state index contributed by atoms with van der Waals surface area (Å²) in [5.41, 5.74) is 1.84. The Bertz CT molecular complexity index is 1700. The fourth-order valence-electron chi connectivity index (χ4n) is 7.76. The van der Waals surface area contributed by atoms with E-state index in [4.69, 9.17) is 47.9 Å². The number of amides is 2. The van der Waals surface area contributed by atoms with Gasteiger partial charge < -0.3 is 52.6 Å². The molecule has 2 amide bonds. The number of rotatable bonds is 18. The van der Waals surface area contributed by atoms with Gasteiger partial charge in [-0.05, 0) is 65.5 Å². The number of piperazine rings is 1. The number of nitriles is 1. The second-order valence-electron chi connectivity index (χ2n) is 16.6. The molecule has 3 saturated heterocycles. The molecule has 17 nitrogen and oxygen atoms in total. The van der Waals surface area contributed by atoms with Crippen molar-refractivity contribution in [2.45, 2.75) is 103 Å². The number of nitrogens with zero attached hydrogens (tertiary/aromatic N) is 7. The number of ether oxygens (including phenoxy) is 8. The number of likely N-dealkylation sites (N-methyl/N-ethyl adjacent to an activating group) is 1. The van der Waals surface area contributed by atoms with Crippen LogP contribution in [-0.2, 0) is 52.7 Å². The maximum Gasteiger partial charge on any atom is 0.410 e. The third-order valence-corrected chi connectivity index (χ3v) is 10.9. The van der Waals surface area contributed by atoms with E-state index >= 15 is 0 Å². The normalized spacial score (nSPS) is 22.3. The van der Waals surface area contributed by atoms with E-state index in [0.29, 0.717) is 90.4 Å². The molecule has 4 aliphatic heterocycles. The molecule has 0 N–H and O–H groups in total. The molecule has 0 saturated carbocycles. The Hall–Kier alpha value is -4.31. The van der Waals surface area contributed by atoms with Gasteiger partial charge in [0, 0.05) is 50.9 Å². The average Bonchev–Trinajstić information content (AvgIpc) is 3.60. The summed E-state index contributed by atoms with van der Waals surface area (Å²) < 4.78 is 46.5. The minimum Gasteiger partial charge on any atom is -0.462 e. The van der Waals surface area contributed by atoms with Crippen LogP contribution in [-0.4, -0.2) is 160 Å². The minimum absolute atomic E-state index is 0.0257. The Kier molecular flexibility index (Phi) is 17.0. The van der Waals surface area contributed by atoms with Gasteiger partial charge in [0.05, 0.1) is 76.5 Å². The topological polar surface area (TPSA) is 171 Å². The molecule has 60 heavy (non-hydrogen) atoms. The van der Waals surface area contributed by atoms with Gasteiger partial charge in [0.15, 0.2) is 6.29 Å². The van der Waals surface area contributed by atoms with E-state index in [1.165, 1.54) is 0 Å². The van der Waals surface area contributed by atoms with Gasteiger partial charge >= 0.3 is 18.2 Å². The maximum absolute atomic E-state index is 13.3. The van der Waals surface area contributed by atoms with Crippen LogP contribution in [0.15, 0.2) is 30.3 Å². The second-order valence-corrected chi connectivity index (χ2v) is 16.6.